The van der Waals surface area contributed by atoms with Gasteiger partial charge in [0.2, 0.25) is 0 Å². The fraction of sp³-hybridized carbons (Fsp3) is 0.955. The van der Waals surface area contributed by atoms with Gasteiger partial charge in [0.05, 0.1) is 35.6 Å². The minimum Gasteiger partial charge on any atom is -0.459 e. The van der Waals surface area contributed by atoms with E-state index in [4.69, 9.17) is 14.2 Å². The molecule has 7 nitrogen and oxygen atoms in total. The molecule has 4 saturated carbocycles. The zero-order valence-electron chi connectivity index (χ0n) is 17.7. The molecule has 1 spiro atoms. The number of fused-ring (bicyclic) bond motifs is 3. The Morgan fingerprint density at radius 3 is 2.45 bits per heavy atom. The molecule has 3 N–H and O–H groups in total. The summed E-state index contributed by atoms with van der Waals surface area (Å²) >= 11 is 0. The molecule has 0 aromatic rings. The Labute approximate surface area is 170 Å². The van der Waals surface area contributed by atoms with Gasteiger partial charge >= 0.3 is 5.97 Å². The summed E-state index contributed by atoms with van der Waals surface area (Å²) in [6, 6.07) is 0. The topological polar surface area (TPSA) is 109 Å². The fourth-order valence-electron chi connectivity index (χ4n) is 9.18. The van der Waals surface area contributed by atoms with E-state index in [1.54, 1.807) is 6.92 Å². The number of epoxide rings is 1. The van der Waals surface area contributed by atoms with Gasteiger partial charge in [-0.2, -0.15) is 0 Å². The van der Waals surface area contributed by atoms with Crippen LogP contribution in [0.15, 0.2) is 0 Å². The first-order chi connectivity index (χ1) is 13.3. The van der Waals surface area contributed by atoms with Crippen molar-refractivity contribution in [1.29, 1.82) is 0 Å². The molecule has 3 heterocycles. The molecule has 0 unspecified atom stereocenters. The highest BCUT2D eigenvalue weighted by molar-refractivity contribution is 5.66. The van der Waals surface area contributed by atoms with E-state index in [-0.39, 0.29) is 30.1 Å². The Bertz CT molecular complexity index is 809. The molecule has 7 rings (SSSR count). The summed E-state index contributed by atoms with van der Waals surface area (Å²) in [5, 5.41) is 35.8. The van der Waals surface area contributed by atoms with Crippen LogP contribution in [0.3, 0.4) is 0 Å². The predicted octanol–water partition coefficient (Wildman–Crippen LogP) is 0.772. The molecule has 3 aliphatic heterocycles. The van der Waals surface area contributed by atoms with Gasteiger partial charge < -0.3 is 29.5 Å². The molecule has 29 heavy (non-hydrogen) atoms. The summed E-state index contributed by atoms with van der Waals surface area (Å²) in [5.41, 5.74) is -4.59. The summed E-state index contributed by atoms with van der Waals surface area (Å²) in [7, 11) is 0. The third kappa shape index (κ3) is 1.80. The van der Waals surface area contributed by atoms with Gasteiger partial charge in [-0.15, -0.1) is 0 Å². The van der Waals surface area contributed by atoms with E-state index in [1.165, 1.54) is 6.92 Å². The number of hydrogen-bond acceptors (Lipinski definition) is 7. The van der Waals surface area contributed by atoms with Crippen molar-refractivity contribution in [3.8, 4) is 0 Å². The summed E-state index contributed by atoms with van der Waals surface area (Å²) < 4.78 is 18.2. The molecule has 4 bridgehead atoms. The molecule has 12 atom stereocenters. The average Bonchev–Trinajstić information content (AvgIpc) is 3.24. The van der Waals surface area contributed by atoms with Crippen LogP contribution in [0, 0.1) is 28.6 Å². The van der Waals surface area contributed by atoms with Gasteiger partial charge in [-0.1, -0.05) is 13.8 Å². The summed E-state index contributed by atoms with van der Waals surface area (Å²) in [5.74, 6) is -1.43. The van der Waals surface area contributed by atoms with Crippen LogP contribution in [0.1, 0.15) is 53.9 Å². The van der Waals surface area contributed by atoms with Crippen LogP contribution in [-0.4, -0.2) is 68.6 Å². The van der Waals surface area contributed by atoms with Crippen molar-refractivity contribution in [2.75, 3.05) is 0 Å². The minimum atomic E-state index is -1.45. The second kappa shape index (κ2) is 4.85. The van der Waals surface area contributed by atoms with Gasteiger partial charge in [0.1, 0.15) is 11.7 Å². The van der Waals surface area contributed by atoms with Crippen LogP contribution in [0.4, 0.5) is 0 Å². The van der Waals surface area contributed by atoms with Crippen LogP contribution in [-0.2, 0) is 19.0 Å². The average molecular weight is 408 g/mol. The zero-order chi connectivity index (χ0) is 20.9. The van der Waals surface area contributed by atoms with Gasteiger partial charge in [0.15, 0.2) is 0 Å². The van der Waals surface area contributed by atoms with Crippen LogP contribution < -0.4 is 0 Å². The Morgan fingerprint density at radius 2 is 1.83 bits per heavy atom. The van der Waals surface area contributed by atoms with Crippen molar-refractivity contribution in [3.05, 3.63) is 0 Å². The first-order valence-corrected chi connectivity index (χ1v) is 10.9. The normalized spacial score (nSPS) is 65.5. The Kier molecular flexibility index (Phi) is 3.18. The number of ether oxygens (including phenoxy) is 3. The Morgan fingerprint density at radius 1 is 1.14 bits per heavy atom. The zero-order valence-corrected chi connectivity index (χ0v) is 17.7. The summed E-state index contributed by atoms with van der Waals surface area (Å²) in [6.45, 7) is 9.04. The van der Waals surface area contributed by atoms with E-state index >= 15 is 0 Å². The van der Waals surface area contributed by atoms with Gasteiger partial charge in [-0.05, 0) is 33.1 Å². The van der Waals surface area contributed by atoms with E-state index in [9.17, 15) is 20.1 Å². The third-order valence-electron chi connectivity index (χ3n) is 10.0. The number of carbonyl (C=O) groups excluding carboxylic acids is 1. The molecule has 0 amide bonds. The highest BCUT2D eigenvalue weighted by Gasteiger charge is 2.86. The van der Waals surface area contributed by atoms with Crippen LogP contribution in [0.2, 0.25) is 0 Å². The van der Waals surface area contributed by atoms with Crippen molar-refractivity contribution >= 4 is 5.97 Å². The molecule has 0 aromatic carbocycles. The molecule has 0 aromatic heterocycles. The van der Waals surface area contributed by atoms with Crippen molar-refractivity contribution in [2.45, 2.75) is 101 Å². The highest BCUT2D eigenvalue weighted by atomic mass is 16.6. The van der Waals surface area contributed by atoms with Crippen molar-refractivity contribution in [3.63, 3.8) is 0 Å². The SMILES string of the molecule is CC(=O)O[C@@H]1C[C@@]23C[C@]4(C)O[C@@H](C[C@@H]4[C@H]2O)[C@H]3[C@@](C)(O)[C@@H]2[C@@H]3O[C@@H]3C(C)(C)[C@@]12O. The first-order valence-electron chi connectivity index (χ1n) is 10.9. The highest BCUT2D eigenvalue weighted by Crippen LogP contribution is 2.76. The predicted molar refractivity (Wildman–Crippen MR) is 99.6 cm³/mol. The van der Waals surface area contributed by atoms with E-state index in [0.717, 1.165) is 0 Å². The van der Waals surface area contributed by atoms with Gasteiger partial charge in [0.25, 0.3) is 0 Å². The van der Waals surface area contributed by atoms with Gasteiger partial charge in [-0.3, -0.25) is 4.79 Å². The second-order valence-corrected chi connectivity index (χ2v) is 11.7. The van der Waals surface area contributed by atoms with Crippen molar-refractivity contribution < 1.29 is 34.3 Å². The molecular formula is C22H32O7. The quantitative estimate of drug-likeness (QED) is 0.434. The van der Waals surface area contributed by atoms with E-state index in [2.05, 4.69) is 0 Å². The molecule has 0 radical (unpaired) electrons. The summed E-state index contributed by atoms with van der Waals surface area (Å²) in [4.78, 5) is 12.1. The van der Waals surface area contributed by atoms with Gasteiger partial charge in [0, 0.05) is 35.5 Å². The molecular weight excluding hydrogens is 376 g/mol. The van der Waals surface area contributed by atoms with E-state index < -0.39 is 51.7 Å². The van der Waals surface area contributed by atoms with Crippen LogP contribution >= 0.6 is 0 Å². The third-order valence-corrected chi connectivity index (χ3v) is 10.0. The van der Waals surface area contributed by atoms with E-state index in [0.29, 0.717) is 19.3 Å². The maximum Gasteiger partial charge on any atom is 0.303 e. The fourth-order valence-corrected chi connectivity index (χ4v) is 9.18. The lowest BCUT2D eigenvalue weighted by atomic mass is 9.56. The second-order valence-electron chi connectivity index (χ2n) is 11.7. The molecule has 7 heteroatoms. The van der Waals surface area contributed by atoms with Crippen molar-refractivity contribution in [2.24, 2.45) is 28.6 Å². The lowest BCUT2D eigenvalue weighted by molar-refractivity contribution is -0.243. The maximum absolute atomic E-state index is 12.2. The van der Waals surface area contributed by atoms with Crippen LogP contribution in [0.5, 0.6) is 0 Å². The minimum absolute atomic E-state index is 0.00282. The summed E-state index contributed by atoms with van der Waals surface area (Å²) in [6.07, 6.45) is -0.505. The maximum atomic E-state index is 12.2. The van der Waals surface area contributed by atoms with Gasteiger partial charge in [-0.25, -0.2) is 0 Å². The number of hydrogen-bond donors (Lipinski definition) is 3. The van der Waals surface area contributed by atoms with Crippen LogP contribution in [0.25, 0.3) is 0 Å². The monoisotopic (exact) mass is 408 g/mol. The Balaban J connectivity index is 1.58. The molecule has 162 valence electrons. The molecule has 7 fully saturated rings. The standard InChI is InChI=1S/C22H32O7/c1-9(23)27-12-7-21-8-19(4)10(16(21)24)6-11(29-19)14(21)20(5,25)15-13-17(28-13)18(2,3)22(12,15)26/h10-17,24-26H,6-8H2,1-5H3/t10-,11+,12-,13+,14+,15+,16-,17+,19+,20-,21+,22-/m1/s1. The Hall–Kier alpha value is -0.730. The first kappa shape index (κ1) is 19.0. The number of aliphatic hydroxyl groups is 3. The molecule has 3 saturated heterocycles. The van der Waals surface area contributed by atoms with Crippen molar-refractivity contribution in [1.82, 2.24) is 0 Å². The molecule has 4 aliphatic carbocycles. The number of esters is 1. The lowest BCUT2D eigenvalue weighted by Gasteiger charge is -2.55. The smallest absolute Gasteiger partial charge is 0.303 e. The van der Waals surface area contributed by atoms with E-state index in [1.807, 2.05) is 20.8 Å². The number of aliphatic hydroxyl groups excluding tert-OH is 1. The number of carbonyl (C=O) groups is 1. The molecule has 7 aliphatic rings. The lowest BCUT2D eigenvalue weighted by Crippen LogP contribution is -2.65. The number of rotatable bonds is 1. The largest absolute Gasteiger partial charge is 0.459 e.